The van der Waals surface area contributed by atoms with Crippen LogP contribution < -0.4 is 16.6 Å². The summed E-state index contributed by atoms with van der Waals surface area (Å²) in [5, 5.41) is 2.85. The highest BCUT2D eigenvalue weighted by molar-refractivity contribution is 6.07. The minimum absolute atomic E-state index is 0.0619. The molecule has 0 unspecified atom stereocenters. The Balaban J connectivity index is 1.67. The Hall–Kier alpha value is -1.10. The second kappa shape index (κ2) is 7.65. The highest BCUT2D eigenvalue weighted by Gasteiger charge is 2.45. The van der Waals surface area contributed by atoms with Gasteiger partial charge in [0.05, 0.1) is 0 Å². The third kappa shape index (κ3) is 4.06. The van der Waals surface area contributed by atoms with E-state index in [0.717, 1.165) is 25.2 Å². The largest absolute Gasteiger partial charge is 0.294 e. The number of carbonyl (C=O) groups is 1. The second-order valence-corrected chi connectivity index (χ2v) is 7.84. The minimum Gasteiger partial charge on any atom is -0.294 e. The molecule has 5 heteroatoms. The normalized spacial score (nSPS) is 30.1. The molecule has 0 radical (unpaired) electrons. The number of nitrogens with zero attached hydrogens (tertiary/aromatic N) is 1. The van der Waals surface area contributed by atoms with Crippen LogP contribution in [-0.2, 0) is 4.79 Å². The lowest BCUT2D eigenvalue weighted by molar-refractivity contribution is -0.124. The van der Waals surface area contributed by atoms with Crippen LogP contribution in [0.4, 0.5) is 0 Å². The van der Waals surface area contributed by atoms with Crippen LogP contribution >= 0.6 is 0 Å². The molecule has 0 bridgehead atoms. The van der Waals surface area contributed by atoms with Gasteiger partial charge in [-0.2, -0.15) is 0 Å². The molecule has 0 spiro atoms. The molecule has 0 saturated heterocycles. The van der Waals surface area contributed by atoms with Crippen LogP contribution in [0, 0.1) is 11.8 Å². The molecule has 3 aliphatic rings. The van der Waals surface area contributed by atoms with Crippen LogP contribution in [-0.4, -0.2) is 17.4 Å². The summed E-state index contributed by atoms with van der Waals surface area (Å²) in [4.78, 5) is 17.4. The van der Waals surface area contributed by atoms with Gasteiger partial charge in [-0.05, 0) is 31.1 Å². The molecule has 1 aliphatic heterocycles. The number of aliphatic imine (C=N–C) groups is 1. The number of guanidine groups is 1. The van der Waals surface area contributed by atoms with Crippen LogP contribution in [0.25, 0.3) is 0 Å². The van der Waals surface area contributed by atoms with Crippen molar-refractivity contribution >= 4 is 11.9 Å². The van der Waals surface area contributed by atoms with E-state index in [4.69, 9.17) is 10.8 Å². The van der Waals surface area contributed by atoms with Gasteiger partial charge in [-0.3, -0.25) is 15.5 Å². The van der Waals surface area contributed by atoms with E-state index in [1.165, 1.54) is 64.2 Å². The molecule has 1 amide bonds. The zero-order chi connectivity index (χ0) is 16.1. The first-order chi connectivity index (χ1) is 11.2. The smallest absolute Gasteiger partial charge is 0.254 e. The Morgan fingerprint density at radius 1 is 1.04 bits per heavy atom. The third-order valence-electron chi connectivity index (χ3n) is 6.16. The molecule has 4 N–H and O–H groups in total. The Kier molecular flexibility index (Phi) is 5.57. The van der Waals surface area contributed by atoms with Crippen LogP contribution in [0.5, 0.6) is 0 Å². The van der Waals surface area contributed by atoms with Gasteiger partial charge < -0.3 is 0 Å². The third-order valence-corrected chi connectivity index (χ3v) is 6.16. The van der Waals surface area contributed by atoms with E-state index in [-0.39, 0.29) is 5.91 Å². The summed E-state index contributed by atoms with van der Waals surface area (Å²) >= 11 is 0. The van der Waals surface area contributed by atoms with Gasteiger partial charge in [-0.15, -0.1) is 0 Å². The maximum atomic E-state index is 12.7. The van der Waals surface area contributed by atoms with Crippen molar-refractivity contribution in [3.8, 4) is 0 Å². The molecular weight excluding hydrogens is 288 g/mol. The zero-order valence-electron chi connectivity index (χ0n) is 14.3. The van der Waals surface area contributed by atoms with Crippen LogP contribution in [0.15, 0.2) is 4.99 Å². The maximum absolute atomic E-state index is 12.7. The fourth-order valence-electron chi connectivity index (χ4n) is 4.78. The molecule has 2 aliphatic carbocycles. The van der Waals surface area contributed by atoms with Crippen molar-refractivity contribution in [2.75, 3.05) is 0 Å². The van der Waals surface area contributed by atoms with Crippen molar-refractivity contribution in [2.45, 2.75) is 89.0 Å². The van der Waals surface area contributed by atoms with E-state index in [9.17, 15) is 4.79 Å². The molecule has 130 valence electrons. The summed E-state index contributed by atoms with van der Waals surface area (Å²) in [6.45, 7) is 0. The van der Waals surface area contributed by atoms with Gasteiger partial charge in [0.1, 0.15) is 5.54 Å². The number of hydrogen-bond donors (Lipinski definition) is 3. The number of amides is 1. The van der Waals surface area contributed by atoms with Gasteiger partial charge in [0, 0.05) is 0 Å². The molecule has 23 heavy (non-hydrogen) atoms. The van der Waals surface area contributed by atoms with Gasteiger partial charge in [0.15, 0.2) is 0 Å². The summed E-state index contributed by atoms with van der Waals surface area (Å²) in [5.41, 5.74) is 1.97. The van der Waals surface area contributed by atoms with Crippen molar-refractivity contribution in [3.63, 3.8) is 0 Å². The van der Waals surface area contributed by atoms with E-state index in [1.807, 2.05) is 0 Å². The first kappa shape index (κ1) is 16.7. The topological polar surface area (TPSA) is 79.5 Å². The Bertz CT molecular complexity index is 438. The molecular formula is C18H32N4O. The quantitative estimate of drug-likeness (QED) is 0.538. The number of carbonyl (C=O) groups excluding carboxylic acids is 1. The molecule has 1 heterocycles. The predicted molar refractivity (Wildman–Crippen MR) is 92.6 cm³/mol. The Morgan fingerprint density at radius 3 is 2.22 bits per heavy atom. The SMILES string of the molecule is NNC1=N[C@](CCC2CCCCC2)(CC2CCCCC2)C(=O)N1. The number of nitrogens with one attached hydrogen (secondary N) is 2. The minimum atomic E-state index is -0.568. The fraction of sp³-hybridized carbons (Fsp3) is 0.889. The summed E-state index contributed by atoms with van der Waals surface area (Å²) in [6.07, 6.45) is 16.1. The average Bonchev–Trinajstić information content (AvgIpc) is 2.91. The van der Waals surface area contributed by atoms with Crippen molar-refractivity contribution in [2.24, 2.45) is 22.7 Å². The van der Waals surface area contributed by atoms with Crippen molar-refractivity contribution in [3.05, 3.63) is 0 Å². The molecule has 0 aromatic carbocycles. The number of nitrogens with two attached hydrogens (primary N) is 1. The lowest BCUT2D eigenvalue weighted by atomic mass is 9.75. The predicted octanol–water partition coefficient (Wildman–Crippen LogP) is 3.01. The summed E-state index contributed by atoms with van der Waals surface area (Å²) in [5.74, 6) is 7.43. The molecule has 0 aromatic rings. The monoisotopic (exact) mass is 320 g/mol. The summed E-state index contributed by atoms with van der Waals surface area (Å²) in [6, 6.07) is 0. The lowest BCUT2D eigenvalue weighted by Gasteiger charge is -2.32. The molecule has 5 nitrogen and oxygen atoms in total. The van der Waals surface area contributed by atoms with Crippen molar-refractivity contribution in [1.82, 2.24) is 10.7 Å². The molecule has 2 fully saturated rings. The van der Waals surface area contributed by atoms with Gasteiger partial charge in [0.2, 0.25) is 5.96 Å². The fourth-order valence-corrected chi connectivity index (χ4v) is 4.78. The summed E-state index contributed by atoms with van der Waals surface area (Å²) < 4.78 is 0. The second-order valence-electron chi connectivity index (χ2n) is 7.84. The number of hydrogen-bond acceptors (Lipinski definition) is 4. The Labute approximate surface area is 139 Å². The molecule has 0 aromatic heterocycles. The maximum Gasteiger partial charge on any atom is 0.254 e. The first-order valence-corrected chi connectivity index (χ1v) is 9.60. The Morgan fingerprint density at radius 2 is 1.65 bits per heavy atom. The van der Waals surface area contributed by atoms with Crippen LogP contribution in [0.3, 0.4) is 0 Å². The standard InChI is InChI=1S/C18H32N4O/c19-22-17-20-16(23)18(21-17,13-15-9-5-2-6-10-15)12-11-14-7-3-1-4-8-14/h14-15H,1-13,19H2,(H2,20,21,22,23)/t18-/m1/s1. The van der Waals surface area contributed by atoms with Crippen molar-refractivity contribution in [1.29, 1.82) is 0 Å². The van der Waals surface area contributed by atoms with Crippen LogP contribution in [0.1, 0.15) is 83.5 Å². The van der Waals surface area contributed by atoms with E-state index in [2.05, 4.69) is 10.7 Å². The highest BCUT2D eigenvalue weighted by Crippen LogP contribution is 2.38. The molecule has 2 saturated carbocycles. The average molecular weight is 320 g/mol. The molecule has 3 rings (SSSR count). The van der Waals surface area contributed by atoms with Gasteiger partial charge in [-0.1, -0.05) is 64.2 Å². The number of hydrazine groups is 1. The van der Waals surface area contributed by atoms with E-state index >= 15 is 0 Å². The van der Waals surface area contributed by atoms with Gasteiger partial charge >= 0.3 is 0 Å². The molecule has 1 atom stereocenters. The first-order valence-electron chi connectivity index (χ1n) is 9.60. The van der Waals surface area contributed by atoms with E-state index in [0.29, 0.717) is 11.9 Å². The summed E-state index contributed by atoms with van der Waals surface area (Å²) in [7, 11) is 0. The van der Waals surface area contributed by atoms with Crippen molar-refractivity contribution < 1.29 is 4.79 Å². The van der Waals surface area contributed by atoms with Crippen LogP contribution in [0.2, 0.25) is 0 Å². The van der Waals surface area contributed by atoms with E-state index < -0.39 is 5.54 Å². The zero-order valence-corrected chi connectivity index (χ0v) is 14.3. The highest BCUT2D eigenvalue weighted by atomic mass is 16.2. The van der Waals surface area contributed by atoms with Gasteiger partial charge in [-0.25, -0.2) is 10.8 Å². The van der Waals surface area contributed by atoms with Gasteiger partial charge in [0.25, 0.3) is 5.91 Å². The lowest BCUT2D eigenvalue weighted by Crippen LogP contribution is -2.44. The number of rotatable bonds is 5. The van der Waals surface area contributed by atoms with E-state index in [1.54, 1.807) is 0 Å².